The summed E-state index contributed by atoms with van der Waals surface area (Å²) in [5.74, 6) is 0.661. The summed E-state index contributed by atoms with van der Waals surface area (Å²) in [6, 6.07) is 7.02. The number of unbranched alkanes of at least 4 members (excludes halogenated alkanes) is 3. The summed E-state index contributed by atoms with van der Waals surface area (Å²) in [4.78, 5) is 18.4. The van der Waals surface area contributed by atoms with Crippen molar-refractivity contribution in [1.29, 1.82) is 0 Å². The minimum atomic E-state index is -0.169. The molecule has 1 rings (SSSR count). The average Bonchev–Trinajstić information content (AvgIpc) is 2.61. The number of amides is 1. The Kier molecular flexibility index (Phi) is 14.1. The normalized spacial score (nSPS) is 10.7. The lowest BCUT2D eigenvalue weighted by Gasteiger charge is -2.22. The van der Waals surface area contributed by atoms with Crippen molar-refractivity contribution in [2.24, 2.45) is 4.99 Å². The van der Waals surface area contributed by atoms with Gasteiger partial charge in [-0.05, 0) is 31.4 Å². The average molecular weight is 493 g/mol. The molecule has 0 aliphatic carbocycles. The fourth-order valence-electron chi connectivity index (χ4n) is 2.40. The number of nitrogens with one attached hydrogen (secondary N) is 2. The van der Waals surface area contributed by atoms with Gasteiger partial charge >= 0.3 is 0 Å². The third-order valence-corrected chi connectivity index (χ3v) is 4.12. The molecule has 0 fully saturated rings. The van der Waals surface area contributed by atoms with Gasteiger partial charge in [-0.15, -0.1) is 30.6 Å². The third-order valence-electron chi connectivity index (χ3n) is 3.79. The first-order chi connectivity index (χ1) is 12.1. The highest BCUT2D eigenvalue weighted by molar-refractivity contribution is 14.0. The molecule has 146 valence electrons. The largest absolute Gasteiger partial charge is 0.354 e. The van der Waals surface area contributed by atoms with Gasteiger partial charge in [0.25, 0.3) is 5.91 Å². The van der Waals surface area contributed by atoms with Crippen molar-refractivity contribution in [1.82, 2.24) is 15.5 Å². The second-order valence-corrected chi connectivity index (χ2v) is 6.18. The second kappa shape index (κ2) is 14.8. The van der Waals surface area contributed by atoms with Gasteiger partial charge in [0.1, 0.15) is 0 Å². The first kappa shape index (κ1) is 24.7. The molecule has 0 aromatic heterocycles. The zero-order valence-electron chi connectivity index (χ0n) is 15.6. The molecule has 0 aliphatic rings. The van der Waals surface area contributed by atoms with E-state index in [1.807, 2.05) is 13.1 Å². The van der Waals surface area contributed by atoms with E-state index in [0.29, 0.717) is 23.7 Å². The van der Waals surface area contributed by atoms with Crippen molar-refractivity contribution in [2.45, 2.75) is 25.7 Å². The SMILES string of the molecule is C=CCCCCCN(C)C(=NC)NCCNC(=O)c1ccccc1Cl.I. The molecule has 0 atom stereocenters. The quantitative estimate of drug-likeness (QED) is 0.171. The van der Waals surface area contributed by atoms with Gasteiger partial charge in [-0.3, -0.25) is 9.79 Å². The highest BCUT2D eigenvalue weighted by Crippen LogP contribution is 2.14. The number of hydrogen-bond acceptors (Lipinski definition) is 2. The highest BCUT2D eigenvalue weighted by Gasteiger charge is 2.09. The summed E-state index contributed by atoms with van der Waals surface area (Å²) < 4.78 is 0. The van der Waals surface area contributed by atoms with Gasteiger partial charge in [0, 0.05) is 33.7 Å². The molecule has 2 N–H and O–H groups in total. The lowest BCUT2D eigenvalue weighted by Crippen LogP contribution is -2.42. The lowest BCUT2D eigenvalue weighted by atomic mass is 10.2. The Morgan fingerprint density at radius 3 is 2.58 bits per heavy atom. The van der Waals surface area contributed by atoms with Gasteiger partial charge in [-0.1, -0.05) is 36.2 Å². The first-order valence-electron chi connectivity index (χ1n) is 8.65. The van der Waals surface area contributed by atoms with Crippen molar-refractivity contribution >= 4 is 47.4 Å². The van der Waals surface area contributed by atoms with Gasteiger partial charge < -0.3 is 15.5 Å². The predicted octanol–water partition coefficient (Wildman–Crippen LogP) is 3.94. The number of benzene rings is 1. The van der Waals surface area contributed by atoms with Crippen molar-refractivity contribution in [3.8, 4) is 0 Å². The van der Waals surface area contributed by atoms with E-state index in [9.17, 15) is 4.79 Å². The van der Waals surface area contributed by atoms with Crippen molar-refractivity contribution in [3.05, 3.63) is 47.5 Å². The Bertz CT molecular complexity index is 580. The van der Waals surface area contributed by atoms with E-state index in [4.69, 9.17) is 11.6 Å². The Morgan fingerprint density at radius 2 is 1.92 bits per heavy atom. The molecule has 7 heteroatoms. The Balaban J connectivity index is 0.00000625. The van der Waals surface area contributed by atoms with Crippen LogP contribution in [0.25, 0.3) is 0 Å². The van der Waals surface area contributed by atoms with E-state index in [0.717, 1.165) is 25.3 Å². The van der Waals surface area contributed by atoms with Crippen LogP contribution in [-0.4, -0.2) is 50.5 Å². The molecule has 26 heavy (non-hydrogen) atoms. The van der Waals surface area contributed by atoms with Gasteiger partial charge in [0.05, 0.1) is 10.6 Å². The van der Waals surface area contributed by atoms with E-state index >= 15 is 0 Å². The van der Waals surface area contributed by atoms with Crippen LogP contribution in [0.1, 0.15) is 36.0 Å². The topological polar surface area (TPSA) is 56.7 Å². The number of nitrogens with zero attached hydrogens (tertiary/aromatic N) is 2. The molecule has 0 spiro atoms. The number of carbonyl (C=O) groups is 1. The number of aliphatic imine (C=N–C) groups is 1. The van der Waals surface area contributed by atoms with E-state index in [1.165, 1.54) is 12.8 Å². The van der Waals surface area contributed by atoms with Crippen LogP contribution in [0.2, 0.25) is 5.02 Å². The van der Waals surface area contributed by atoms with E-state index in [-0.39, 0.29) is 29.9 Å². The highest BCUT2D eigenvalue weighted by atomic mass is 127. The summed E-state index contributed by atoms with van der Waals surface area (Å²) in [6.07, 6.45) is 6.51. The zero-order valence-corrected chi connectivity index (χ0v) is 18.7. The van der Waals surface area contributed by atoms with Gasteiger partial charge in [-0.25, -0.2) is 0 Å². The number of rotatable bonds is 10. The van der Waals surface area contributed by atoms with Crippen LogP contribution in [-0.2, 0) is 0 Å². The molecule has 0 heterocycles. The monoisotopic (exact) mass is 492 g/mol. The summed E-state index contributed by atoms with van der Waals surface area (Å²) >= 11 is 6.02. The minimum absolute atomic E-state index is 0. The summed E-state index contributed by atoms with van der Waals surface area (Å²) in [5, 5.41) is 6.57. The van der Waals surface area contributed by atoms with Gasteiger partial charge in [-0.2, -0.15) is 0 Å². The maximum atomic E-state index is 12.1. The van der Waals surface area contributed by atoms with Crippen LogP contribution < -0.4 is 10.6 Å². The molecule has 0 saturated heterocycles. The molecule has 1 amide bonds. The van der Waals surface area contributed by atoms with E-state index in [1.54, 1.807) is 31.3 Å². The Labute approximate surface area is 179 Å². The Morgan fingerprint density at radius 1 is 1.23 bits per heavy atom. The molecule has 0 aliphatic heterocycles. The summed E-state index contributed by atoms with van der Waals surface area (Å²) in [6.45, 7) is 5.78. The van der Waals surface area contributed by atoms with Crippen LogP contribution >= 0.6 is 35.6 Å². The molecular formula is C19H30ClIN4O. The number of halogens is 2. The zero-order chi connectivity index (χ0) is 18.5. The predicted molar refractivity (Wildman–Crippen MR) is 122 cm³/mol. The maximum absolute atomic E-state index is 12.1. The molecule has 0 saturated carbocycles. The van der Waals surface area contributed by atoms with Crippen LogP contribution in [0.5, 0.6) is 0 Å². The maximum Gasteiger partial charge on any atom is 0.252 e. The van der Waals surface area contributed by atoms with Crippen molar-refractivity contribution < 1.29 is 4.79 Å². The van der Waals surface area contributed by atoms with Crippen LogP contribution in [0.15, 0.2) is 41.9 Å². The number of hydrogen-bond donors (Lipinski definition) is 2. The Hall–Kier alpha value is -1.28. The van der Waals surface area contributed by atoms with E-state index < -0.39 is 0 Å². The molecule has 0 unspecified atom stereocenters. The van der Waals surface area contributed by atoms with Crippen LogP contribution in [0, 0.1) is 0 Å². The molecular weight excluding hydrogens is 463 g/mol. The first-order valence-corrected chi connectivity index (χ1v) is 9.03. The fraction of sp³-hybridized carbons (Fsp3) is 0.474. The van der Waals surface area contributed by atoms with Gasteiger partial charge in [0.2, 0.25) is 0 Å². The van der Waals surface area contributed by atoms with Crippen molar-refractivity contribution in [3.63, 3.8) is 0 Å². The number of allylic oxidation sites excluding steroid dienone is 1. The molecule has 1 aromatic carbocycles. The van der Waals surface area contributed by atoms with Crippen LogP contribution in [0.4, 0.5) is 0 Å². The van der Waals surface area contributed by atoms with E-state index in [2.05, 4.69) is 27.1 Å². The summed E-state index contributed by atoms with van der Waals surface area (Å²) in [7, 11) is 3.78. The molecule has 1 aromatic rings. The van der Waals surface area contributed by atoms with Gasteiger partial charge in [0.15, 0.2) is 5.96 Å². The molecule has 5 nitrogen and oxygen atoms in total. The number of carbonyl (C=O) groups excluding carboxylic acids is 1. The second-order valence-electron chi connectivity index (χ2n) is 5.77. The lowest BCUT2D eigenvalue weighted by molar-refractivity contribution is 0.0954. The number of guanidine groups is 1. The third kappa shape index (κ3) is 9.43. The smallest absolute Gasteiger partial charge is 0.252 e. The fourth-order valence-corrected chi connectivity index (χ4v) is 2.62. The standard InChI is InChI=1S/C19H29ClN4O.HI/c1-4-5-6-7-10-15-24(3)19(21-2)23-14-13-22-18(25)16-11-8-9-12-17(16)20;/h4,8-9,11-12H,1,5-7,10,13-15H2,2-3H3,(H,21,23)(H,22,25);1H. The molecule has 0 radical (unpaired) electrons. The van der Waals surface area contributed by atoms with Crippen molar-refractivity contribution in [2.75, 3.05) is 33.7 Å². The minimum Gasteiger partial charge on any atom is -0.354 e. The van der Waals surface area contributed by atoms with Crippen LogP contribution in [0.3, 0.4) is 0 Å². The molecule has 0 bridgehead atoms. The summed E-state index contributed by atoms with van der Waals surface area (Å²) in [5.41, 5.74) is 0.491.